The van der Waals surface area contributed by atoms with E-state index in [2.05, 4.69) is 13.0 Å². The van der Waals surface area contributed by atoms with Gasteiger partial charge in [0, 0.05) is 17.3 Å². The Morgan fingerprint density at radius 2 is 1.88 bits per heavy atom. The van der Waals surface area contributed by atoms with Gasteiger partial charge in [0.15, 0.2) is 5.78 Å². The Balaban J connectivity index is 1.75. The average Bonchev–Trinajstić information content (AvgIpc) is 2.88. The lowest BCUT2D eigenvalue weighted by Crippen LogP contribution is -2.57. The Bertz CT molecular complexity index is 764. The molecule has 0 bridgehead atoms. The summed E-state index contributed by atoms with van der Waals surface area (Å²) >= 11 is 0. The highest BCUT2D eigenvalue weighted by molar-refractivity contribution is 6.42. The molecule has 0 spiro atoms. The molecule has 2 saturated carbocycles. The largest absolute Gasteiger partial charge is 0.388 e. The molecule has 6 atom stereocenters. The van der Waals surface area contributed by atoms with Crippen LogP contribution in [0.15, 0.2) is 23.8 Å². The maximum atomic E-state index is 12.3. The van der Waals surface area contributed by atoms with Gasteiger partial charge in [-0.05, 0) is 55.1 Å². The van der Waals surface area contributed by atoms with Gasteiger partial charge in [-0.2, -0.15) is 0 Å². The summed E-state index contributed by atoms with van der Waals surface area (Å²) in [5, 5.41) is 20.5. The first-order chi connectivity index (χ1) is 12.2. The number of aliphatic hydroxyl groups excluding tert-OH is 1. The SMILES string of the molecule is C[C@]12CC(=O)C(=O)C=C1C=C[C@@H]1[C@@H]2CC[C@@]2(C)[C@H]1CC[C@]2(O)C(=O)CO. The fourth-order valence-electron chi connectivity index (χ4n) is 6.52. The van der Waals surface area contributed by atoms with Gasteiger partial charge in [-0.3, -0.25) is 14.4 Å². The highest BCUT2D eigenvalue weighted by Gasteiger charge is 2.65. The second kappa shape index (κ2) is 5.46. The predicted octanol–water partition coefficient (Wildman–Crippen LogP) is 1.77. The lowest BCUT2D eigenvalue weighted by atomic mass is 9.48. The first kappa shape index (κ1) is 17.8. The summed E-state index contributed by atoms with van der Waals surface area (Å²) in [5.74, 6) is -0.699. The number of ketones is 3. The van der Waals surface area contributed by atoms with E-state index in [1.807, 2.05) is 13.0 Å². The van der Waals surface area contributed by atoms with Crippen molar-refractivity contribution in [1.29, 1.82) is 0 Å². The summed E-state index contributed by atoms with van der Waals surface area (Å²) in [6.07, 6.45) is 8.41. The first-order valence-electron chi connectivity index (χ1n) is 9.51. The van der Waals surface area contributed by atoms with Crippen LogP contribution in [0, 0.1) is 28.6 Å². The van der Waals surface area contributed by atoms with E-state index in [4.69, 9.17) is 0 Å². The van der Waals surface area contributed by atoms with Crippen LogP contribution in [0.5, 0.6) is 0 Å². The Labute approximate surface area is 153 Å². The fourth-order valence-corrected chi connectivity index (χ4v) is 6.52. The van der Waals surface area contributed by atoms with Crippen molar-refractivity contribution in [2.24, 2.45) is 28.6 Å². The molecular formula is C21H26O5. The zero-order valence-electron chi connectivity index (χ0n) is 15.3. The standard InChI is InChI=1S/C21H26O5/c1-19-10-17(24)16(23)9-12(19)3-4-13-14(19)5-7-20(2)15(13)6-8-21(20,26)18(25)11-22/h3-4,9,13-15,22,26H,5-8,10-11H2,1-2H3/t13-,14+,15+,19+,20+,21+/m1/s1. The molecule has 140 valence electrons. The van der Waals surface area contributed by atoms with Crippen molar-refractivity contribution < 1.29 is 24.6 Å². The van der Waals surface area contributed by atoms with Gasteiger partial charge in [0.1, 0.15) is 12.2 Å². The van der Waals surface area contributed by atoms with Crippen LogP contribution in [-0.4, -0.2) is 39.8 Å². The van der Waals surface area contributed by atoms with Crippen LogP contribution in [0.4, 0.5) is 0 Å². The number of carbonyl (C=O) groups excluding carboxylic acids is 3. The van der Waals surface area contributed by atoms with Crippen molar-refractivity contribution in [3.63, 3.8) is 0 Å². The minimum Gasteiger partial charge on any atom is -0.388 e. The van der Waals surface area contributed by atoms with Gasteiger partial charge in [0.2, 0.25) is 11.6 Å². The minimum absolute atomic E-state index is 0.129. The van der Waals surface area contributed by atoms with Gasteiger partial charge in [-0.1, -0.05) is 26.0 Å². The number of fused-ring (bicyclic) bond motifs is 5. The fraction of sp³-hybridized carbons (Fsp3) is 0.667. The molecule has 0 radical (unpaired) electrons. The van der Waals surface area contributed by atoms with Gasteiger partial charge in [-0.25, -0.2) is 0 Å². The summed E-state index contributed by atoms with van der Waals surface area (Å²) in [7, 11) is 0. The van der Waals surface area contributed by atoms with Crippen molar-refractivity contribution in [3.05, 3.63) is 23.8 Å². The molecule has 4 aliphatic rings. The second-order valence-electron chi connectivity index (χ2n) is 9.07. The molecule has 2 N–H and O–H groups in total. The molecule has 0 amide bonds. The summed E-state index contributed by atoms with van der Waals surface area (Å²) in [6.45, 7) is 3.42. The average molecular weight is 358 g/mol. The van der Waals surface area contributed by atoms with Crippen LogP contribution in [0.1, 0.15) is 46.0 Å². The van der Waals surface area contributed by atoms with Crippen LogP contribution >= 0.6 is 0 Å². The highest BCUT2D eigenvalue weighted by atomic mass is 16.3. The first-order valence-corrected chi connectivity index (χ1v) is 9.51. The van der Waals surface area contributed by atoms with Crippen LogP contribution in [-0.2, 0) is 14.4 Å². The lowest BCUT2D eigenvalue weighted by Gasteiger charge is -2.56. The zero-order chi connectivity index (χ0) is 18.9. The van der Waals surface area contributed by atoms with Crippen LogP contribution in [0.3, 0.4) is 0 Å². The molecule has 0 aromatic carbocycles. The molecule has 0 aliphatic heterocycles. The number of allylic oxidation sites excluding steroid dienone is 4. The summed E-state index contributed by atoms with van der Waals surface area (Å²) in [4.78, 5) is 36.3. The molecule has 4 rings (SSSR count). The van der Waals surface area contributed by atoms with Crippen molar-refractivity contribution in [3.8, 4) is 0 Å². The lowest BCUT2D eigenvalue weighted by molar-refractivity contribution is -0.161. The number of rotatable bonds is 2. The van der Waals surface area contributed by atoms with E-state index < -0.39 is 29.2 Å². The monoisotopic (exact) mass is 358 g/mol. The van der Waals surface area contributed by atoms with Crippen molar-refractivity contribution >= 4 is 17.3 Å². The van der Waals surface area contributed by atoms with E-state index in [9.17, 15) is 24.6 Å². The minimum atomic E-state index is -1.47. The number of Topliss-reactive ketones (excluding diaryl/α,β-unsaturated/α-hetero) is 2. The molecule has 26 heavy (non-hydrogen) atoms. The molecule has 2 fully saturated rings. The number of hydrogen-bond donors (Lipinski definition) is 2. The molecule has 0 unspecified atom stereocenters. The van der Waals surface area contributed by atoms with Crippen LogP contribution in [0.2, 0.25) is 0 Å². The summed E-state index contributed by atoms with van der Waals surface area (Å²) in [5.41, 5.74) is -1.45. The predicted molar refractivity (Wildman–Crippen MR) is 94.0 cm³/mol. The van der Waals surface area contributed by atoms with Crippen molar-refractivity contribution in [2.45, 2.75) is 51.6 Å². The van der Waals surface area contributed by atoms with Gasteiger partial charge >= 0.3 is 0 Å². The van der Waals surface area contributed by atoms with E-state index in [1.165, 1.54) is 6.08 Å². The van der Waals surface area contributed by atoms with Crippen LogP contribution < -0.4 is 0 Å². The summed E-state index contributed by atoms with van der Waals surface area (Å²) < 4.78 is 0. The normalized spacial score (nSPS) is 47.1. The molecule has 0 heterocycles. The third-order valence-electron chi connectivity index (χ3n) is 8.15. The van der Waals surface area contributed by atoms with Gasteiger partial charge in [-0.15, -0.1) is 0 Å². The molecule has 4 aliphatic carbocycles. The molecule has 5 nitrogen and oxygen atoms in total. The van der Waals surface area contributed by atoms with Gasteiger partial charge < -0.3 is 10.2 Å². The number of carbonyl (C=O) groups is 3. The number of aliphatic hydroxyl groups is 2. The van der Waals surface area contributed by atoms with Gasteiger partial charge in [0.25, 0.3) is 0 Å². The Kier molecular flexibility index (Phi) is 3.74. The van der Waals surface area contributed by atoms with Crippen molar-refractivity contribution in [1.82, 2.24) is 0 Å². The van der Waals surface area contributed by atoms with E-state index in [1.54, 1.807) is 0 Å². The second-order valence-corrected chi connectivity index (χ2v) is 9.07. The van der Waals surface area contributed by atoms with E-state index in [0.29, 0.717) is 12.8 Å². The maximum Gasteiger partial charge on any atom is 0.221 e. The summed E-state index contributed by atoms with van der Waals surface area (Å²) in [6, 6.07) is 0. The Morgan fingerprint density at radius 3 is 2.58 bits per heavy atom. The van der Waals surface area contributed by atoms with Gasteiger partial charge in [0.05, 0.1) is 0 Å². The topological polar surface area (TPSA) is 91.7 Å². The molecular weight excluding hydrogens is 332 g/mol. The molecule has 5 heteroatoms. The van der Waals surface area contributed by atoms with E-state index in [0.717, 1.165) is 18.4 Å². The molecule has 0 aromatic rings. The van der Waals surface area contributed by atoms with Crippen molar-refractivity contribution in [2.75, 3.05) is 6.61 Å². The maximum absolute atomic E-state index is 12.3. The Hall–Kier alpha value is -1.59. The third kappa shape index (κ3) is 2.01. The third-order valence-corrected chi connectivity index (χ3v) is 8.15. The smallest absolute Gasteiger partial charge is 0.221 e. The Morgan fingerprint density at radius 1 is 1.19 bits per heavy atom. The quantitative estimate of drug-likeness (QED) is 0.734. The molecule has 0 aromatic heterocycles. The molecule has 0 saturated heterocycles. The zero-order valence-corrected chi connectivity index (χ0v) is 15.3. The number of hydrogen-bond acceptors (Lipinski definition) is 5. The highest BCUT2D eigenvalue weighted by Crippen LogP contribution is 2.66. The van der Waals surface area contributed by atoms with E-state index >= 15 is 0 Å². The van der Waals surface area contributed by atoms with E-state index in [-0.39, 0.29) is 35.4 Å². The van der Waals surface area contributed by atoms with Crippen LogP contribution in [0.25, 0.3) is 0 Å².